The van der Waals surface area contributed by atoms with Gasteiger partial charge >= 0.3 is 0 Å². The second-order valence-corrected chi connectivity index (χ2v) is 5.35. The van der Waals surface area contributed by atoms with E-state index in [1.54, 1.807) is 0 Å². The molecular formula is C10H20Cl2NO2S-. The Balaban J connectivity index is 3.59. The minimum Gasteiger partial charge on any atom is -0.760 e. The quantitative estimate of drug-likeness (QED) is 0.333. The Morgan fingerprint density at radius 2 is 1.31 bits per heavy atom. The van der Waals surface area contributed by atoms with Crippen LogP contribution < -0.4 is 0 Å². The maximum atomic E-state index is 10.9. The minimum absolute atomic E-state index is 0.605. The Labute approximate surface area is 111 Å². The summed E-state index contributed by atoms with van der Waals surface area (Å²) in [5, 5.41) is 0. The van der Waals surface area contributed by atoms with Gasteiger partial charge in [-0.05, 0) is 25.7 Å². The molecule has 0 aliphatic rings. The summed E-state index contributed by atoms with van der Waals surface area (Å²) >= 11 is 9.00. The zero-order valence-corrected chi connectivity index (χ0v) is 11.8. The summed E-state index contributed by atoms with van der Waals surface area (Å²) in [7, 11) is 0. The van der Waals surface area contributed by atoms with Gasteiger partial charge in [0.1, 0.15) is 0 Å². The molecule has 0 aliphatic heterocycles. The molecule has 0 saturated carbocycles. The van der Waals surface area contributed by atoms with Gasteiger partial charge in [0.15, 0.2) is 0 Å². The molecule has 0 aromatic rings. The van der Waals surface area contributed by atoms with Crippen molar-refractivity contribution < 1.29 is 8.76 Å². The number of nitrogens with zero attached hydrogens (tertiary/aromatic N) is 1. The molecule has 0 bridgehead atoms. The van der Waals surface area contributed by atoms with E-state index in [9.17, 15) is 8.76 Å². The summed E-state index contributed by atoms with van der Waals surface area (Å²) in [6.07, 6.45) is 5.64. The van der Waals surface area contributed by atoms with E-state index < -0.39 is 11.3 Å². The normalized spacial score (nSPS) is 13.2. The molecule has 0 fully saturated rings. The van der Waals surface area contributed by atoms with E-state index in [-0.39, 0.29) is 0 Å². The molecule has 6 heteroatoms. The van der Waals surface area contributed by atoms with E-state index in [0.717, 1.165) is 38.5 Å². The third-order valence-electron chi connectivity index (χ3n) is 2.29. The van der Waals surface area contributed by atoms with Gasteiger partial charge in [0, 0.05) is 36.1 Å². The first kappa shape index (κ1) is 16.6. The first-order valence-electron chi connectivity index (χ1n) is 5.68. The van der Waals surface area contributed by atoms with Crippen LogP contribution in [0.2, 0.25) is 0 Å². The van der Waals surface area contributed by atoms with Crippen molar-refractivity contribution in [2.24, 2.45) is 0 Å². The van der Waals surface area contributed by atoms with Crippen LogP contribution in [0.3, 0.4) is 0 Å². The van der Waals surface area contributed by atoms with Crippen LogP contribution in [0.15, 0.2) is 0 Å². The monoisotopic (exact) mass is 288 g/mol. The van der Waals surface area contributed by atoms with Gasteiger partial charge in [0.25, 0.3) is 0 Å². The van der Waals surface area contributed by atoms with Crippen LogP contribution in [0.1, 0.15) is 38.5 Å². The molecule has 0 rings (SSSR count). The smallest absolute Gasteiger partial charge is 0.0223 e. The third-order valence-corrected chi connectivity index (χ3v) is 3.61. The zero-order chi connectivity index (χ0) is 12.2. The molecule has 1 atom stereocenters. The van der Waals surface area contributed by atoms with E-state index >= 15 is 0 Å². The number of unbranched alkanes of at least 4 members (excludes halogenated alkanes) is 4. The van der Waals surface area contributed by atoms with Crippen molar-refractivity contribution in [1.29, 1.82) is 0 Å². The largest absolute Gasteiger partial charge is 0.760 e. The second-order valence-electron chi connectivity index (χ2n) is 3.65. The van der Waals surface area contributed by atoms with E-state index in [1.165, 1.54) is 4.31 Å². The van der Waals surface area contributed by atoms with Crippen LogP contribution >= 0.6 is 23.2 Å². The van der Waals surface area contributed by atoms with Crippen LogP contribution in [-0.2, 0) is 11.3 Å². The minimum atomic E-state index is -2.10. The number of alkyl halides is 2. The fourth-order valence-corrected chi connectivity index (χ4v) is 2.31. The molecule has 0 amide bonds. The Hall–Kier alpha value is 0.650. The summed E-state index contributed by atoms with van der Waals surface area (Å²) in [6, 6.07) is 0. The Bertz CT molecular complexity index is 172. The highest BCUT2D eigenvalue weighted by molar-refractivity contribution is 7.76. The molecule has 0 N–H and O–H groups in total. The average molecular weight is 289 g/mol. The summed E-state index contributed by atoms with van der Waals surface area (Å²) in [5.74, 6) is 1.30. The molecule has 3 nitrogen and oxygen atoms in total. The molecule has 16 heavy (non-hydrogen) atoms. The fraction of sp³-hybridized carbons (Fsp3) is 1.00. The van der Waals surface area contributed by atoms with Gasteiger partial charge in [-0.25, -0.2) is 4.31 Å². The van der Waals surface area contributed by atoms with Crippen molar-refractivity contribution in [1.82, 2.24) is 4.31 Å². The summed E-state index contributed by atoms with van der Waals surface area (Å²) in [5.41, 5.74) is 0. The van der Waals surface area contributed by atoms with Gasteiger partial charge in [-0.3, -0.25) is 4.21 Å². The van der Waals surface area contributed by atoms with Gasteiger partial charge in [-0.1, -0.05) is 12.8 Å². The molecule has 0 saturated heterocycles. The van der Waals surface area contributed by atoms with Crippen molar-refractivity contribution in [3.63, 3.8) is 0 Å². The standard InChI is InChI=1S/C10H21Cl2NO2S/c11-7-3-1-5-9-13(16(14)15)10-6-2-4-8-12/h1-10H2,(H,14,15)/p-1. The predicted molar refractivity (Wildman–Crippen MR) is 69.6 cm³/mol. The maximum absolute atomic E-state index is 10.9. The van der Waals surface area contributed by atoms with Crippen LogP contribution in [0.5, 0.6) is 0 Å². The van der Waals surface area contributed by atoms with Crippen LogP contribution in [0.25, 0.3) is 0 Å². The maximum Gasteiger partial charge on any atom is 0.0223 e. The second kappa shape index (κ2) is 12.1. The fourth-order valence-electron chi connectivity index (χ4n) is 1.38. The zero-order valence-electron chi connectivity index (χ0n) is 9.50. The van der Waals surface area contributed by atoms with E-state index in [4.69, 9.17) is 23.2 Å². The van der Waals surface area contributed by atoms with E-state index in [2.05, 4.69) is 0 Å². The molecule has 0 aromatic carbocycles. The average Bonchev–Trinajstić information content (AvgIpc) is 2.26. The van der Waals surface area contributed by atoms with Gasteiger partial charge in [-0.15, -0.1) is 23.2 Å². The molecular weight excluding hydrogens is 269 g/mol. The van der Waals surface area contributed by atoms with E-state index in [1.807, 2.05) is 0 Å². The first-order chi connectivity index (χ1) is 7.72. The Morgan fingerprint density at radius 3 is 1.62 bits per heavy atom. The summed E-state index contributed by atoms with van der Waals surface area (Å²) in [4.78, 5) is 0. The molecule has 0 spiro atoms. The van der Waals surface area contributed by atoms with Gasteiger partial charge < -0.3 is 4.55 Å². The molecule has 0 aliphatic carbocycles. The van der Waals surface area contributed by atoms with Gasteiger partial charge in [0.2, 0.25) is 0 Å². The van der Waals surface area contributed by atoms with Gasteiger partial charge in [0.05, 0.1) is 0 Å². The van der Waals surface area contributed by atoms with Crippen LogP contribution in [-0.4, -0.2) is 37.9 Å². The molecule has 0 aromatic heterocycles. The lowest BCUT2D eigenvalue weighted by Crippen LogP contribution is -2.28. The van der Waals surface area contributed by atoms with E-state index in [0.29, 0.717) is 24.8 Å². The number of rotatable bonds is 11. The Kier molecular flexibility index (Phi) is 12.6. The SMILES string of the molecule is O=S([O-])N(CCCCCCl)CCCCCCl. The highest BCUT2D eigenvalue weighted by Crippen LogP contribution is 2.05. The molecule has 1 unspecified atom stereocenters. The molecule has 0 radical (unpaired) electrons. The third kappa shape index (κ3) is 9.85. The van der Waals surface area contributed by atoms with Crippen molar-refractivity contribution in [2.45, 2.75) is 38.5 Å². The number of halogens is 2. The predicted octanol–water partition coefficient (Wildman–Crippen LogP) is 2.90. The molecule has 0 heterocycles. The number of hydrogen-bond donors (Lipinski definition) is 0. The Morgan fingerprint density at radius 1 is 0.875 bits per heavy atom. The van der Waals surface area contributed by atoms with Crippen LogP contribution in [0, 0.1) is 0 Å². The summed E-state index contributed by atoms with van der Waals surface area (Å²) < 4.78 is 23.3. The topological polar surface area (TPSA) is 43.4 Å². The highest BCUT2D eigenvalue weighted by Gasteiger charge is 2.04. The first-order valence-corrected chi connectivity index (χ1v) is 7.78. The van der Waals surface area contributed by atoms with Gasteiger partial charge in [-0.2, -0.15) is 0 Å². The van der Waals surface area contributed by atoms with Crippen molar-refractivity contribution in [3.8, 4) is 0 Å². The number of hydrogen-bond acceptors (Lipinski definition) is 2. The lowest BCUT2D eigenvalue weighted by molar-refractivity contribution is 0.370. The van der Waals surface area contributed by atoms with Crippen molar-refractivity contribution >= 4 is 34.5 Å². The van der Waals surface area contributed by atoms with Crippen molar-refractivity contribution in [3.05, 3.63) is 0 Å². The van der Waals surface area contributed by atoms with Crippen LogP contribution in [0.4, 0.5) is 0 Å². The lowest BCUT2D eigenvalue weighted by Gasteiger charge is -2.23. The molecule has 98 valence electrons. The van der Waals surface area contributed by atoms with Crippen molar-refractivity contribution in [2.75, 3.05) is 24.8 Å². The lowest BCUT2D eigenvalue weighted by atomic mass is 10.2. The summed E-state index contributed by atoms with van der Waals surface area (Å²) in [6.45, 7) is 1.21. The highest BCUT2D eigenvalue weighted by atomic mass is 35.5.